The number of hydrogen-bond donors (Lipinski definition) is 0. The Hall–Kier alpha value is -2.57. The number of rotatable bonds is 5. The summed E-state index contributed by atoms with van der Waals surface area (Å²) in [6.45, 7) is 2.44. The molecule has 0 atom stereocenters. The maximum Gasteiger partial charge on any atom is 0.302 e. The van der Waals surface area contributed by atoms with Crippen molar-refractivity contribution in [1.29, 1.82) is 0 Å². The van der Waals surface area contributed by atoms with Crippen LogP contribution >= 0.6 is 11.8 Å². The molecule has 1 aliphatic heterocycles. The molecule has 2 aromatic carbocycles. The third kappa shape index (κ3) is 4.77. The molecule has 0 fully saturated rings. The topological polar surface area (TPSA) is 33.4 Å². The van der Waals surface area contributed by atoms with E-state index in [4.69, 9.17) is 4.74 Å². The van der Waals surface area contributed by atoms with Crippen LogP contribution in [-0.2, 0) is 16.1 Å². The molecule has 4 rings (SSSR count). The van der Waals surface area contributed by atoms with Crippen LogP contribution in [0.4, 0.5) is 5.69 Å². The number of para-hydroxylation sites is 2. The van der Waals surface area contributed by atoms with Gasteiger partial charge in [0.2, 0.25) is 5.52 Å². The van der Waals surface area contributed by atoms with Gasteiger partial charge in [-0.25, -0.2) is 0 Å². The summed E-state index contributed by atoms with van der Waals surface area (Å²) >= 11 is 1.79. The summed E-state index contributed by atoms with van der Waals surface area (Å²) in [6, 6.07) is 18.8. The second-order valence-electron chi connectivity index (χ2n) is 6.81. The van der Waals surface area contributed by atoms with Crippen LogP contribution in [0.3, 0.4) is 0 Å². The Morgan fingerprint density at radius 3 is 2.70 bits per heavy atom. The first-order valence-electron chi connectivity index (χ1n) is 9.57. The van der Waals surface area contributed by atoms with Crippen LogP contribution in [0.1, 0.15) is 12.5 Å². The first-order valence-corrected chi connectivity index (χ1v) is 10.4. The van der Waals surface area contributed by atoms with Crippen LogP contribution < -0.4 is 26.4 Å². The van der Waals surface area contributed by atoms with Gasteiger partial charge in [-0.1, -0.05) is 48.2 Å². The number of allylic oxidation sites excluding steroid dienone is 2. The number of fused-ring (bicyclic) bond motifs is 2. The molecular weight excluding hydrogens is 460 g/mol. The van der Waals surface area contributed by atoms with E-state index in [9.17, 15) is 4.79 Å². The van der Waals surface area contributed by atoms with E-state index in [0.29, 0.717) is 13.2 Å². The van der Waals surface area contributed by atoms with Crippen LogP contribution in [0, 0.1) is 0 Å². The number of halogens is 1. The quantitative estimate of drug-likeness (QED) is 0.410. The average molecular weight is 483 g/mol. The number of benzene rings is 2. The molecule has 1 aromatic heterocycles. The summed E-state index contributed by atoms with van der Waals surface area (Å²) in [6.07, 6.45) is 8.45. The lowest BCUT2D eigenvalue weighted by Gasteiger charge is -2.12. The zero-order valence-electron chi connectivity index (χ0n) is 16.9. The Labute approximate surface area is 191 Å². The molecule has 2 heterocycles. The summed E-state index contributed by atoms with van der Waals surface area (Å²) in [7, 11) is 2.10. The maximum absolute atomic E-state index is 11.0. The fourth-order valence-corrected chi connectivity index (χ4v) is 4.50. The normalized spacial score (nSPS) is 14.2. The molecule has 3 aromatic rings. The van der Waals surface area contributed by atoms with Crippen molar-refractivity contribution in [3.8, 4) is 0 Å². The van der Waals surface area contributed by atoms with Crippen molar-refractivity contribution in [3.05, 3.63) is 83.5 Å². The molecule has 4 nitrogen and oxygen atoms in total. The number of aromatic nitrogens is 1. The number of pyridine rings is 1. The molecule has 1 aliphatic rings. The first-order chi connectivity index (χ1) is 14.1. The Bertz CT molecular complexity index is 1130. The Morgan fingerprint density at radius 1 is 1.13 bits per heavy atom. The second-order valence-corrected chi connectivity index (χ2v) is 7.88. The molecule has 0 radical (unpaired) electrons. The Balaban J connectivity index is 0.00000256. The molecule has 0 unspecified atom stereocenters. The minimum Gasteiger partial charge on any atom is -1.00 e. The molecule has 0 spiro atoms. The number of esters is 1. The fraction of sp³-hybridized carbons (Fsp3) is 0.167. The summed E-state index contributed by atoms with van der Waals surface area (Å²) < 4.78 is 7.21. The highest BCUT2D eigenvalue weighted by molar-refractivity contribution is 8.03. The smallest absolute Gasteiger partial charge is 0.302 e. The van der Waals surface area contributed by atoms with Crippen molar-refractivity contribution in [2.75, 3.05) is 18.6 Å². The predicted octanol–water partition coefficient (Wildman–Crippen LogP) is 1.79. The van der Waals surface area contributed by atoms with E-state index in [0.717, 1.165) is 11.1 Å². The van der Waals surface area contributed by atoms with Gasteiger partial charge in [0.05, 0.1) is 16.1 Å². The monoisotopic (exact) mass is 482 g/mol. The van der Waals surface area contributed by atoms with Crippen LogP contribution in [0.5, 0.6) is 0 Å². The van der Waals surface area contributed by atoms with E-state index in [-0.39, 0.29) is 23.0 Å². The Morgan fingerprint density at radius 2 is 1.90 bits per heavy atom. The highest BCUT2D eigenvalue weighted by Gasteiger charge is 2.20. The van der Waals surface area contributed by atoms with Gasteiger partial charge in [0.25, 0.3) is 0 Å². The van der Waals surface area contributed by atoms with E-state index >= 15 is 0 Å². The molecule has 0 N–H and O–H groups in total. The highest BCUT2D eigenvalue weighted by atomic mass is 79.9. The van der Waals surface area contributed by atoms with E-state index in [2.05, 4.69) is 77.2 Å². The lowest BCUT2D eigenvalue weighted by molar-refractivity contribution is -0.672. The number of hydrogen-bond acceptors (Lipinski definition) is 4. The van der Waals surface area contributed by atoms with Gasteiger partial charge in [0.1, 0.15) is 0 Å². The minimum absolute atomic E-state index is 0. The molecule has 0 aliphatic carbocycles. The first kappa shape index (κ1) is 22.1. The fourth-order valence-electron chi connectivity index (χ4n) is 3.44. The zero-order valence-corrected chi connectivity index (χ0v) is 19.3. The van der Waals surface area contributed by atoms with Gasteiger partial charge in [-0.2, -0.15) is 4.57 Å². The van der Waals surface area contributed by atoms with Gasteiger partial charge < -0.3 is 26.6 Å². The summed E-state index contributed by atoms with van der Waals surface area (Å²) in [5.41, 5.74) is 3.52. The highest BCUT2D eigenvalue weighted by Crippen LogP contribution is 2.44. The lowest BCUT2D eigenvalue weighted by atomic mass is 10.1. The minimum atomic E-state index is -0.251. The van der Waals surface area contributed by atoms with E-state index in [1.54, 1.807) is 11.8 Å². The zero-order chi connectivity index (χ0) is 20.2. The van der Waals surface area contributed by atoms with Gasteiger partial charge in [-0.15, -0.1) is 0 Å². The summed E-state index contributed by atoms with van der Waals surface area (Å²) in [4.78, 5) is 14.5. The summed E-state index contributed by atoms with van der Waals surface area (Å²) in [5.74, 6) is -0.251. The number of carbonyl (C=O) groups excluding carboxylic acids is 1. The van der Waals surface area contributed by atoms with E-state index < -0.39 is 0 Å². The van der Waals surface area contributed by atoms with Crippen molar-refractivity contribution in [2.45, 2.75) is 18.4 Å². The average Bonchev–Trinajstić information content (AvgIpc) is 3.05. The van der Waals surface area contributed by atoms with Gasteiger partial charge in [-0.3, -0.25) is 4.79 Å². The SMILES string of the molecule is CC(=O)OCC[n+]1ccc(/C=C/C=C2/Sc3ccccc3N2C)c2ccccc21.[Br-]. The van der Waals surface area contributed by atoms with Crippen molar-refractivity contribution >= 4 is 40.4 Å². The maximum atomic E-state index is 11.0. The van der Waals surface area contributed by atoms with Crippen LogP contribution in [0.2, 0.25) is 0 Å². The molecule has 154 valence electrons. The third-order valence-electron chi connectivity index (χ3n) is 4.88. The molecular formula is C24H23BrN2O2S. The number of ether oxygens (including phenoxy) is 1. The van der Waals surface area contributed by atoms with Gasteiger partial charge in [-0.05, 0) is 29.8 Å². The van der Waals surface area contributed by atoms with Crippen molar-refractivity contribution in [3.63, 3.8) is 0 Å². The lowest BCUT2D eigenvalue weighted by Crippen LogP contribution is -3.00. The molecule has 6 heteroatoms. The molecule has 0 saturated carbocycles. The molecule has 0 bridgehead atoms. The predicted molar refractivity (Wildman–Crippen MR) is 119 cm³/mol. The molecule has 0 amide bonds. The number of anilines is 1. The molecule has 30 heavy (non-hydrogen) atoms. The number of carbonyl (C=O) groups is 1. The van der Waals surface area contributed by atoms with Crippen molar-refractivity contribution in [2.24, 2.45) is 0 Å². The largest absolute Gasteiger partial charge is 1.00 e. The van der Waals surface area contributed by atoms with Crippen molar-refractivity contribution in [1.82, 2.24) is 0 Å². The van der Waals surface area contributed by atoms with Gasteiger partial charge in [0, 0.05) is 31.0 Å². The Kier molecular flexibility index (Phi) is 7.34. The second kappa shape index (κ2) is 9.96. The molecule has 0 saturated heterocycles. The standard InChI is InChI=1S/C24H23N2O2S.BrH/c1-18(27)28-17-16-26-15-14-19(20-9-3-4-10-21(20)26)8-7-13-24-25(2)22-11-5-6-12-23(22)29-24;/h3-15H,16-17H2,1-2H3;1H/q+1;/p-1. The van der Waals surface area contributed by atoms with Crippen LogP contribution in [-0.4, -0.2) is 19.6 Å². The van der Waals surface area contributed by atoms with Crippen LogP contribution in [0.15, 0.2) is 82.9 Å². The number of thioether (sulfide) groups is 1. The summed E-state index contributed by atoms with van der Waals surface area (Å²) in [5, 5.41) is 2.38. The van der Waals surface area contributed by atoms with Crippen LogP contribution in [0.25, 0.3) is 17.0 Å². The van der Waals surface area contributed by atoms with Crippen molar-refractivity contribution < 1.29 is 31.1 Å². The van der Waals surface area contributed by atoms with E-state index in [1.807, 2.05) is 18.3 Å². The third-order valence-corrected chi connectivity index (χ3v) is 6.07. The number of nitrogens with zero attached hydrogens (tertiary/aromatic N) is 2. The van der Waals surface area contributed by atoms with E-state index in [1.165, 1.54) is 27.9 Å². The van der Waals surface area contributed by atoms with Gasteiger partial charge >= 0.3 is 5.97 Å². The van der Waals surface area contributed by atoms with Gasteiger partial charge in [0.15, 0.2) is 19.3 Å².